The van der Waals surface area contributed by atoms with Crippen LogP contribution in [0.5, 0.6) is 0 Å². The molecule has 0 amide bonds. The molecule has 0 rings (SSSR count). The molecule has 0 aliphatic carbocycles. The summed E-state index contributed by atoms with van der Waals surface area (Å²) in [5.41, 5.74) is 5.61. The first kappa shape index (κ1) is 9.31. The van der Waals surface area contributed by atoms with Gasteiger partial charge in [-0.05, 0) is 19.3 Å². The van der Waals surface area contributed by atoms with E-state index in [9.17, 15) is 0 Å². The second-order valence-electron chi connectivity index (χ2n) is 3.06. The van der Waals surface area contributed by atoms with Gasteiger partial charge in [-0.2, -0.15) is 12.6 Å². The first-order valence-electron chi connectivity index (χ1n) is 3.47. The molecule has 0 aliphatic heterocycles. The van der Waals surface area contributed by atoms with Gasteiger partial charge in [0.2, 0.25) is 0 Å². The summed E-state index contributed by atoms with van der Waals surface area (Å²) < 4.78 is 0. The fourth-order valence-corrected chi connectivity index (χ4v) is 1.12. The highest BCUT2D eigenvalue weighted by Gasteiger charge is 2.09. The third kappa shape index (κ3) is 4.79. The highest BCUT2D eigenvalue weighted by Crippen LogP contribution is 2.11. The van der Waals surface area contributed by atoms with E-state index < -0.39 is 0 Å². The Morgan fingerprint density at radius 3 is 1.89 bits per heavy atom. The molecule has 56 valence electrons. The Labute approximate surface area is 63.4 Å². The minimum absolute atomic E-state index is 0.218. The Kier molecular flexibility index (Phi) is 4.32. The molecule has 1 nitrogen and oxygen atoms in total. The first-order valence-corrected chi connectivity index (χ1v) is 3.99. The highest BCUT2D eigenvalue weighted by atomic mass is 32.1. The predicted molar refractivity (Wildman–Crippen MR) is 45.9 cm³/mol. The number of hydrogen-bond acceptors (Lipinski definition) is 2. The van der Waals surface area contributed by atoms with Gasteiger partial charge in [0.25, 0.3) is 0 Å². The standard InChI is InChI=1S/C7H17NS/c1-5(2)4-7(9)6(3)8/h5-7,9H,4,8H2,1-3H3. The summed E-state index contributed by atoms with van der Waals surface area (Å²) >= 11 is 4.34. The van der Waals surface area contributed by atoms with E-state index in [-0.39, 0.29) is 6.04 Å². The lowest BCUT2D eigenvalue weighted by molar-refractivity contribution is 0.529. The monoisotopic (exact) mass is 147 g/mol. The fraction of sp³-hybridized carbons (Fsp3) is 1.00. The lowest BCUT2D eigenvalue weighted by Gasteiger charge is -2.16. The van der Waals surface area contributed by atoms with Gasteiger partial charge < -0.3 is 5.73 Å². The molecule has 0 aliphatic rings. The van der Waals surface area contributed by atoms with Crippen LogP contribution in [0.2, 0.25) is 0 Å². The molecule has 2 heteroatoms. The number of nitrogens with two attached hydrogens (primary N) is 1. The first-order chi connectivity index (χ1) is 4.04. The second kappa shape index (κ2) is 4.18. The van der Waals surface area contributed by atoms with Crippen molar-refractivity contribution in [2.75, 3.05) is 0 Å². The van der Waals surface area contributed by atoms with Crippen molar-refractivity contribution in [3.8, 4) is 0 Å². The SMILES string of the molecule is CC(C)CC(S)C(C)N. The molecule has 9 heavy (non-hydrogen) atoms. The maximum atomic E-state index is 5.61. The zero-order valence-corrected chi connectivity index (χ0v) is 7.36. The predicted octanol–water partition coefficient (Wildman–Crippen LogP) is 1.68. The topological polar surface area (TPSA) is 26.0 Å². The third-order valence-corrected chi connectivity index (χ3v) is 2.00. The van der Waals surface area contributed by atoms with Gasteiger partial charge in [0.05, 0.1) is 0 Å². The Morgan fingerprint density at radius 2 is 1.78 bits per heavy atom. The van der Waals surface area contributed by atoms with E-state index >= 15 is 0 Å². The molecular formula is C7H17NS. The van der Waals surface area contributed by atoms with Crippen LogP contribution in [0, 0.1) is 5.92 Å². The lowest BCUT2D eigenvalue weighted by atomic mass is 10.0. The van der Waals surface area contributed by atoms with E-state index in [4.69, 9.17) is 5.73 Å². The summed E-state index contributed by atoms with van der Waals surface area (Å²) in [7, 11) is 0. The van der Waals surface area contributed by atoms with E-state index in [0.717, 1.165) is 6.42 Å². The van der Waals surface area contributed by atoms with Crippen LogP contribution in [-0.2, 0) is 0 Å². The van der Waals surface area contributed by atoms with Crippen LogP contribution in [0.4, 0.5) is 0 Å². The van der Waals surface area contributed by atoms with E-state index in [1.807, 2.05) is 6.92 Å². The van der Waals surface area contributed by atoms with Crippen LogP contribution in [0.1, 0.15) is 27.2 Å². The Hall–Kier alpha value is 0.310. The van der Waals surface area contributed by atoms with E-state index in [0.29, 0.717) is 11.2 Å². The summed E-state index contributed by atoms with van der Waals surface area (Å²) in [6, 6.07) is 0.218. The molecule has 0 aromatic heterocycles. The van der Waals surface area contributed by atoms with Crippen molar-refractivity contribution >= 4 is 12.6 Å². The van der Waals surface area contributed by atoms with Crippen LogP contribution in [-0.4, -0.2) is 11.3 Å². The zero-order valence-electron chi connectivity index (χ0n) is 6.46. The van der Waals surface area contributed by atoms with Crippen LogP contribution in [0.3, 0.4) is 0 Å². The molecule has 0 saturated carbocycles. The number of hydrogen-bond donors (Lipinski definition) is 2. The number of rotatable bonds is 3. The van der Waals surface area contributed by atoms with Crippen LogP contribution in [0.15, 0.2) is 0 Å². The normalized spacial score (nSPS) is 18.0. The lowest BCUT2D eigenvalue weighted by Crippen LogP contribution is -2.28. The minimum Gasteiger partial charge on any atom is -0.327 e. The van der Waals surface area contributed by atoms with Gasteiger partial charge in [-0.25, -0.2) is 0 Å². The van der Waals surface area contributed by atoms with E-state index in [1.54, 1.807) is 0 Å². The molecule has 2 atom stereocenters. The van der Waals surface area contributed by atoms with Crippen LogP contribution >= 0.6 is 12.6 Å². The molecule has 0 spiro atoms. The van der Waals surface area contributed by atoms with Gasteiger partial charge >= 0.3 is 0 Å². The highest BCUT2D eigenvalue weighted by molar-refractivity contribution is 7.81. The molecule has 0 aromatic carbocycles. The molecular weight excluding hydrogens is 130 g/mol. The van der Waals surface area contributed by atoms with Gasteiger partial charge in [0.15, 0.2) is 0 Å². The maximum absolute atomic E-state index is 5.61. The van der Waals surface area contributed by atoms with Gasteiger partial charge in [-0.15, -0.1) is 0 Å². The van der Waals surface area contributed by atoms with E-state index in [1.165, 1.54) is 0 Å². The van der Waals surface area contributed by atoms with Crippen molar-refractivity contribution in [1.82, 2.24) is 0 Å². The summed E-state index contributed by atoms with van der Waals surface area (Å²) in [6.45, 7) is 6.37. The Balaban J connectivity index is 3.38. The molecule has 0 fully saturated rings. The fourth-order valence-electron chi connectivity index (χ4n) is 0.698. The van der Waals surface area contributed by atoms with Gasteiger partial charge in [-0.3, -0.25) is 0 Å². The largest absolute Gasteiger partial charge is 0.327 e. The summed E-state index contributed by atoms with van der Waals surface area (Å²) in [5, 5.41) is 0.366. The molecule has 2 N–H and O–H groups in total. The van der Waals surface area contributed by atoms with Crippen molar-refractivity contribution in [1.29, 1.82) is 0 Å². The summed E-state index contributed by atoms with van der Waals surface area (Å²) in [6.07, 6.45) is 1.11. The van der Waals surface area contributed by atoms with Crippen molar-refractivity contribution in [2.45, 2.75) is 38.5 Å². The van der Waals surface area contributed by atoms with Gasteiger partial charge in [-0.1, -0.05) is 13.8 Å². The number of thiol groups is 1. The molecule has 0 aromatic rings. The van der Waals surface area contributed by atoms with E-state index in [2.05, 4.69) is 26.5 Å². The van der Waals surface area contributed by atoms with Crippen LogP contribution < -0.4 is 5.73 Å². The Bertz CT molecular complexity index is 71.3. The maximum Gasteiger partial charge on any atom is 0.0168 e. The van der Waals surface area contributed by atoms with Crippen LogP contribution in [0.25, 0.3) is 0 Å². The minimum atomic E-state index is 0.218. The smallest absolute Gasteiger partial charge is 0.0168 e. The van der Waals surface area contributed by atoms with Gasteiger partial charge in [0, 0.05) is 11.3 Å². The zero-order chi connectivity index (χ0) is 7.44. The average molecular weight is 147 g/mol. The van der Waals surface area contributed by atoms with Crippen molar-refractivity contribution in [3.05, 3.63) is 0 Å². The van der Waals surface area contributed by atoms with Crippen molar-refractivity contribution in [3.63, 3.8) is 0 Å². The molecule has 0 radical (unpaired) electrons. The summed E-state index contributed by atoms with van der Waals surface area (Å²) in [5.74, 6) is 0.707. The quantitative estimate of drug-likeness (QED) is 0.584. The third-order valence-electron chi connectivity index (χ3n) is 1.32. The molecule has 0 heterocycles. The Morgan fingerprint density at radius 1 is 1.33 bits per heavy atom. The molecule has 0 bridgehead atoms. The van der Waals surface area contributed by atoms with Crippen molar-refractivity contribution < 1.29 is 0 Å². The molecule has 2 unspecified atom stereocenters. The average Bonchev–Trinajstić information content (AvgIpc) is 1.63. The summed E-state index contributed by atoms with van der Waals surface area (Å²) in [4.78, 5) is 0. The van der Waals surface area contributed by atoms with Crippen molar-refractivity contribution in [2.24, 2.45) is 11.7 Å². The second-order valence-corrected chi connectivity index (χ2v) is 3.72. The molecule has 0 saturated heterocycles. The van der Waals surface area contributed by atoms with Gasteiger partial charge in [0.1, 0.15) is 0 Å².